The molecule has 2 saturated heterocycles. The van der Waals surface area contributed by atoms with E-state index >= 15 is 0 Å². The van der Waals surface area contributed by atoms with Crippen LogP contribution in [0.5, 0.6) is 0 Å². The van der Waals surface area contributed by atoms with Gasteiger partial charge in [-0.05, 0) is 31.0 Å². The topological polar surface area (TPSA) is 56.4 Å². The number of halogens is 2. The van der Waals surface area contributed by atoms with Crippen LogP contribution in [0.4, 0.5) is 0 Å². The van der Waals surface area contributed by atoms with E-state index in [0.717, 1.165) is 36.8 Å². The fraction of sp³-hybridized carbons (Fsp3) is 0.444. The Kier molecular flexibility index (Phi) is 3.96. The summed E-state index contributed by atoms with van der Waals surface area (Å²) in [4.78, 5) is 31.4. The smallest absolute Gasteiger partial charge is 0.270 e. The predicted molar refractivity (Wildman–Crippen MR) is 98.1 cm³/mol. The number of aromatic nitrogens is 1. The summed E-state index contributed by atoms with van der Waals surface area (Å²) in [6.07, 6.45) is 1.90. The molecular formula is C18H19Cl2N3O2. The van der Waals surface area contributed by atoms with Crippen LogP contribution in [-0.2, 0) is 4.79 Å². The highest BCUT2D eigenvalue weighted by atomic mass is 35.5. The average molecular weight is 380 g/mol. The summed E-state index contributed by atoms with van der Waals surface area (Å²) in [5.74, 6) is 0.0883. The molecule has 0 bridgehead atoms. The first-order valence-corrected chi connectivity index (χ1v) is 9.16. The second-order valence-electron chi connectivity index (χ2n) is 7.17. The maximum Gasteiger partial charge on any atom is 0.270 e. The molecule has 4 rings (SSSR count). The minimum atomic E-state index is -0.0264. The number of H-pyrrole nitrogens is 1. The van der Waals surface area contributed by atoms with Crippen LogP contribution in [0.25, 0.3) is 10.9 Å². The van der Waals surface area contributed by atoms with Crippen LogP contribution in [0, 0.1) is 5.41 Å². The molecule has 1 unspecified atom stereocenters. The third-order valence-corrected chi connectivity index (χ3v) is 6.35. The van der Waals surface area contributed by atoms with Crippen molar-refractivity contribution in [3.8, 4) is 0 Å². The normalized spacial score (nSPS) is 23.2. The summed E-state index contributed by atoms with van der Waals surface area (Å²) >= 11 is 12.3. The van der Waals surface area contributed by atoms with Gasteiger partial charge in [-0.2, -0.15) is 0 Å². The van der Waals surface area contributed by atoms with Crippen molar-refractivity contribution in [3.63, 3.8) is 0 Å². The molecule has 3 heterocycles. The van der Waals surface area contributed by atoms with Crippen molar-refractivity contribution in [3.05, 3.63) is 33.9 Å². The number of carbonyl (C=O) groups excluding carboxylic acids is 2. The lowest BCUT2D eigenvalue weighted by molar-refractivity contribution is -0.128. The Bertz CT molecular complexity index is 879. The first-order valence-electron chi connectivity index (χ1n) is 8.40. The second-order valence-corrected chi connectivity index (χ2v) is 7.96. The minimum Gasteiger partial charge on any atom is -0.350 e. The lowest BCUT2D eigenvalue weighted by atomic mass is 9.86. The van der Waals surface area contributed by atoms with E-state index in [9.17, 15) is 9.59 Å². The van der Waals surface area contributed by atoms with Gasteiger partial charge in [-0.15, -0.1) is 0 Å². The third kappa shape index (κ3) is 2.79. The zero-order valence-electron chi connectivity index (χ0n) is 13.9. The van der Waals surface area contributed by atoms with Gasteiger partial charge in [0.2, 0.25) is 5.91 Å². The Hall–Kier alpha value is -1.72. The fourth-order valence-electron chi connectivity index (χ4n) is 4.07. The number of nitrogens with one attached hydrogen (secondary N) is 1. The van der Waals surface area contributed by atoms with E-state index in [1.54, 1.807) is 19.1 Å². The zero-order chi connectivity index (χ0) is 17.8. The summed E-state index contributed by atoms with van der Waals surface area (Å²) in [5.41, 5.74) is 1.38. The Morgan fingerprint density at radius 1 is 1.12 bits per heavy atom. The number of nitrogens with zero attached hydrogens (tertiary/aromatic N) is 2. The molecule has 2 aromatic rings. The Morgan fingerprint density at radius 3 is 2.48 bits per heavy atom. The van der Waals surface area contributed by atoms with Gasteiger partial charge in [0.1, 0.15) is 5.69 Å². The van der Waals surface area contributed by atoms with E-state index < -0.39 is 0 Å². The molecule has 1 atom stereocenters. The van der Waals surface area contributed by atoms with Crippen molar-refractivity contribution < 1.29 is 9.59 Å². The Morgan fingerprint density at radius 2 is 1.80 bits per heavy atom. The molecule has 2 fully saturated rings. The predicted octanol–water partition coefficient (Wildman–Crippen LogP) is 3.56. The van der Waals surface area contributed by atoms with Crippen molar-refractivity contribution >= 4 is 45.9 Å². The van der Waals surface area contributed by atoms with Gasteiger partial charge in [0.05, 0.1) is 10.0 Å². The Labute approximate surface area is 155 Å². The van der Waals surface area contributed by atoms with Crippen molar-refractivity contribution in [1.82, 2.24) is 14.8 Å². The van der Waals surface area contributed by atoms with E-state index in [1.165, 1.54) is 0 Å². The number of carbonyl (C=O) groups is 2. The van der Waals surface area contributed by atoms with E-state index in [-0.39, 0.29) is 17.2 Å². The summed E-state index contributed by atoms with van der Waals surface area (Å²) in [5, 5.41) is 1.69. The highest BCUT2D eigenvalue weighted by Gasteiger charge is 2.45. The van der Waals surface area contributed by atoms with Crippen molar-refractivity contribution in [2.24, 2.45) is 5.41 Å². The second kappa shape index (κ2) is 5.92. The number of rotatable bonds is 1. The standard InChI is InChI=1S/C18H19Cl2N3O2/c1-11(24)22-6-4-18(9-22)5-7-23(10-18)17(25)15-8-12-14(21-15)3-2-13(19)16(12)20/h2-3,8,21H,4-7,9-10H2,1H3. The Balaban J connectivity index is 1.55. The van der Waals surface area contributed by atoms with Crippen LogP contribution in [0.3, 0.4) is 0 Å². The largest absolute Gasteiger partial charge is 0.350 e. The highest BCUT2D eigenvalue weighted by Crippen LogP contribution is 2.40. The number of hydrogen-bond donors (Lipinski definition) is 1. The molecule has 1 aromatic carbocycles. The zero-order valence-corrected chi connectivity index (χ0v) is 15.5. The van der Waals surface area contributed by atoms with E-state index in [1.807, 2.05) is 15.9 Å². The van der Waals surface area contributed by atoms with Gasteiger partial charge in [-0.1, -0.05) is 23.2 Å². The van der Waals surface area contributed by atoms with Crippen molar-refractivity contribution in [2.75, 3.05) is 26.2 Å². The van der Waals surface area contributed by atoms with Crippen molar-refractivity contribution in [1.29, 1.82) is 0 Å². The van der Waals surface area contributed by atoms with Crippen molar-refractivity contribution in [2.45, 2.75) is 19.8 Å². The van der Waals surface area contributed by atoms with Gasteiger partial charge < -0.3 is 14.8 Å². The molecule has 0 aliphatic carbocycles. The van der Waals surface area contributed by atoms with Gasteiger partial charge in [0, 0.05) is 49.4 Å². The van der Waals surface area contributed by atoms with E-state index in [2.05, 4.69) is 4.98 Å². The molecule has 1 aromatic heterocycles. The summed E-state index contributed by atoms with van der Waals surface area (Å²) < 4.78 is 0. The highest BCUT2D eigenvalue weighted by molar-refractivity contribution is 6.45. The number of amides is 2. The number of benzene rings is 1. The van der Waals surface area contributed by atoms with Gasteiger partial charge in [-0.25, -0.2) is 0 Å². The quantitative estimate of drug-likeness (QED) is 0.823. The first-order chi connectivity index (χ1) is 11.9. The van der Waals surface area contributed by atoms with Gasteiger partial charge >= 0.3 is 0 Å². The van der Waals surface area contributed by atoms with Crippen LogP contribution in [-0.4, -0.2) is 52.8 Å². The first kappa shape index (κ1) is 16.7. The summed E-state index contributed by atoms with van der Waals surface area (Å²) in [6.45, 7) is 4.56. The van der Waals surface area contributed by atoms with Gasteiger partial charge in [0.25, 0.3) is 5.91 Å². The van der Waals surface area contributed by atoms with E-state index in [0.29, 0.717) is 28.8 Å². The van der Waals surface area contributed by atoms with E-state index in [4.69, 9.17) is 23.2 Å². The molecule has 7 heteroatoms. The summed E-state index contributed by atoms with van der Waals surface area (Å²) in [6, 6.07) is 5.32. The van der Waals surface area contributed by atoms with Crippen LogP contribution in [0.15, 0.2) is 18.2 Å². The molecule has 2 aliphatic rings. The van der Waals surface area contributed by atoms with Crippen LogP contribution in [0.1, 0.15) is 30.3 Å². The lowest BCUT2D eigenvalue weighted by Gasteiger charge is -2.24. The maximum absolute atomic E-state index is 12.9. The third-order valence-electron chi connectivity index (χ3n) is 5.53. The monoisotopic (exact) mass is 379 g/mol. The molecule has 0 saturated carbocycles. The number of hydrogen-bond acceptors (Lipinski definition) is 2. The molecule has 0 radical (unpaired) electrons. The minimum absolute atomic E-state index is 0.0264. The lowest BCUT2D eigenvalue weighted by Crippen LogP contribution is -2.35. The molecule has 132 valence electrons. The fourth-order valence-corrected chi connectivity index (χ4v) is 4.46. The molecule has 1 N–H and O–H groups in total. The number of fused-ring (bicyclic) bond motifs is 1. The maximum atomic E-state index is 12.9. The number of likely N-dealkylation sites (tertiary alicyclic amines) is 2. The molecule has 2 aliphatic heterocycles. The number of aromatic amines is 1. The van der Waals surface area contributed by atoms with Crippen LogP contribution >= 0.6 is 23.2 Å². The molecule has 25 heavy (non-hydrogen) atoms. The van der Waals surface area contributed by atoms with Crippen LogP contribution < -0.4 is 0 Å². The van der Waals surface area contributed by atoms with Gasteiger partial charge in [0.15, 0.2) is 0 Å². The van der Waals surface area contributed by atoms with Gasteiger partial charge in [-0.3, -0.25) is 9.59 Å². The molecular weight excluding hydrogens is 361 g/mol. The summed E-state index contributed by atoms with van der Waals surface area (Å²) in [7, 11) is 0. The molecule has 2 amide bonds. The SMILES string of the molecule is CC(=O)N1CCC2(CCN(C(=O)c3cc4c(Cl)c(Cl)ccc4[nH]3)C2)C1. The molecule has 1 spiro atoms. The molecule has 5 nitrogen and oxygen atoms in total. The van der Waals surface area contributed by atoms with Crippen LogP contribution in [0.2, 0.25) is 10.0 Å². The average Bonchev–Trinajstić information content (AvgIpc) is 3.30.